The van der Waals surface area contributed by atoms with E-state index in [1.54, 1.807) is 0 Å². The number of esters is 2. The average Bonchev–Trinajstić information content (AvgIpc) is 2.99. The Morgan fingerprint density at radius 2 is 0.952 bits per heavy atom. The first-order valence-corrected chi connectivity index (χ1v) is 17.9. The van der Waals surface area contributed by atoms with E-state index in [0.717, 1.165) is 44.9 Å². The second-order valence-electron chi connectivity index (χ2n) is 12.0. The Morgan fingerprint density at radius 3 is 1.45 bits per heavy atom. The Bertz CT molecular complexity index is 642. The number of hydrogen-bond acceptors (Lipinski definition) is 5. The molecule has 0 rings (SSSR count). The van der Waals surface area contributed by atoms with Crippen LogP contribution in [0.4, 0.5) is 0 Å². The van der Waals surface area contributed by atoms with Gasteiger partial charge in [0.1, 0.15) is 6.61 Å². The summed E-state index contributed by atoms with van der Waals surface area (Å²) in [4.78, 5) is 24.1. The molecule has 0 radical (unpaired) electrons. The number of carbonyl (C=O) groups excluding carboxylic acids is 2. The van der Waals surface area contributed by atoms with Gasteiger partial charge in [0.25, 0.3) is 0 Å². The van der Waals surface area contributed by atoms with Crippen LogP contribution < -0.4 is 0 Å². The lowest BCUT2D eigenvalue weighted by atomic mass is 10.1. The molecule has 0 spiro atoms. The Kier molecular flexibility index (Phi) is 32.6. The van der Waals surface area contributed by atoms with Crippen LogP contribution in [-0.2, 0) is 19.1 Å². The maximum absolute atomic E-state index is 12.1. The fourth-order valence-electron chi connectivity index (χ4n) is 4.99. The minimum atomic E-state index is -0.768. The monoisotopic (exact) mass is 593 g/mol. The molecule has 1 N–H and O–H groups in total. The molecular weight excluding hydrogens is 524 g/mol. The molecule has 0 fully saturated rings. The van der Waals surface area contributed by atoms with Gasteiger partial charge in [0.05, 0.1) is 6.61 Å². The average molecular weight is 593 g/mol. The summed E-state index contributed by atoms with van der Waals surface area (Å²) >= 11 is 0. The third-order valence-corrected chi connectivity index (χ3v) is 7.75. The first kappa shape index (κ1) is 40.4. The standard InChI is InChI=1S/C37H68O5/c1-3-5-7-9-11-13-15-16-17-18-19-20-22-23-25-27-29-31-36(39)41-34-35(33-38)42-37(40)32-30-28-26-24-21-14-12-10-8-6-4-2/h11,13,16-17,35,38H,3-10,12,14-15,18-34H2,1-2H3/t35-/m0/s1. The molecule has 0 aliphatic rings. The summed E-state index contributed by atoms with van der Waals surface area (Å²) in [5, 5.41) is 9.51. The lowest BCUT2D eigenvalue weighted by molar-refractivity contribution is -0.161. The van der Waals surface area contributed by atoms with Crippen molar-refractivity contribution < 1.29 is 24.2 Å². The highest BCUT2D eigenvalue weighted by atomic mass is 16.6. The van der Waals surface area contributed by atoms with Crippen LogP contribution in [0.1, 0.15) is 181 Å². The van der Waals surface area contributed by atoms with Gasteiger partial charge in [-0.05, 0) is 44.9 Å². The van der Waals surface area contributed by atoms with Gasteiger partial charge in [0.2, 0.25) is 0 Å². The van der Waals surface area contributed by atoms with E-state index in [9.17, 15) is 14.7 Å². The summed E-state index contributed by atoms with van der Waals surface area (Å²) in [6.07, 6.45) is 38.0. The molecule has 0 aromatic heterocycles. The highest BCUT2D eigenvalue weighted by Crippen LogP contribution is 2.13. The van der Waals surface area contributed by atoms with Gasteiger partial charge in [-0.15, -0.1) is 0 Å². The van der Waals surface area contributed by atoms with Crippen LogP contribution >= 0.6 is 0 Å². The van der Waals surface area contributed by atoms with E-state index >= 15 is 0 Å². The summed E-state index contributed by atoms with van der Waals surface area (Å²) in [7, 11) is 0. The van der Waals surface area contributed by atoms with Gasteiger partial charge in [0, 0.05) is 12.8 Å². The number of allylic oxidation sites excluding steroid dienone is 4. The second-order valence-corrected chi connectivity index (χ2v) is 12.0. The van der Waals surface area contributed by atoms with Gasteiger partial charge in [-0.1, -0.05) is 147 Å². The maximum Gasteiger partial charge on any atom is 0.306 e. The predicted molar refractivity (Wildman–Crippen MR) is 178 cm³/mol. The molecule has 0 aliphatic carbocycles. The van der Waals surface area contributed by atoms with Crippen molar-refractivity contribution in [1.29, 1.82) is 0 Å². The topological polar surface area (TPSA) is 72.8 Å². The number of hydrogen-bond donors (Lipinski definition) is 1. The summed E-state index contributed by atoms with van der Waals surface area (Å²) in [5.74, 6) is -0.597. The first-order valence-electron chi connectivity index (χ1n) is 17.9. The quantitative estimate of drug-likeness (QED) is 0.0478. The van der Waals surface area contributed by atoms with Crippen molar-refractivity contribution in [3.8, 4) is 0 Å². The third kappa shape index (κ3) is 31.3. The second kappa shape index (κ2) is 33.9. The minimum absolute atomic E-state index is 0.0664. The summed E-state index contributed by atoms with van der Waals surface area (Å²) in [6, 6.07) is 0. The van der Waals surface area contributed by atoms with Crippen LogP contribution in [0.3, 0.4) is 0 Å². The molecule has 0 amide bonds. The molecule has 0 saturated carbocycles. The molecule has 246 valence electrons. The fourth-order valence-corrected chi connectivity index (χ4v) is 4.99. The van der Waals surface area contributed by atoms with E-state index < -0.39 is 6.10 Å². The van der Waals surface area contributed by atoms with Gasteiger partial charge in [-0.2, -0.15) is 0 Å². The maximum atomic E-state index is 12.1. The van der Waals surface area contributed by atoms with E-state index in [-0.39, 0.29) is 25.2 Å². The van der Waals surface area contributed by atoms with Crippen LogP contribution in [0.2, 0.25) is 0 Å². The van der Waals surface area contributed by atoms with E-state index in [0.29, 0.717) is 12.8 Å². The summed E-state index contributed by atoms with van der Waals surface area (Å²) in [5.41, 5.74) is 0. The number of unbranched alkanes of at least 4 members (excludes halogenated alkanes) is 20. The van der Waals surface area contributed by atoms with Crippen LogP contribution in [-0.4, -0.2) is 36.4 Å². The highest BCUT2D eigenvalue weighted by Gasteiger charge is 2.16. The smallest absolute Gasteiger partial charge is 0.306 e. The van der Waals surface area contributed by atoms with Gasteiger partial charge in [-0.3, -0.25) is 9.59 Å². The Balaban J connectivity index is 3.57. The van der Waals surface area contributed by atoms with Crippen molar-refractivity contribution in [3.05, 3.63) is 24.3 Å². The normalized spacial score (nSPS) is 12.4. The van der Waals surface area contributed by atoms with E-state index in [1.165, 1.54) is 109 Å². The zero-order valence-electron chi connectivity index (χ0n) is 27.8. The van der Waals surface area contributed by atoms with Crippen molar-refractivity contribution in [2.75, 3.05) is 13.2 Å². The minimum Gasteiger partial charge on any atom is -0.462 e. The SMILES string of the molecule is CCCCCC=CCC=CCCCCCCCCCC(=O)OC[C@H](CO)OC(=O)CCCCCCCCCCCCC. The molecular formula is C37H68O5. The highest BCUT2D eigenvalue weighted by molar-refractivity contribution is 5.70. The van der Waals surface area contributed by atoms with E-state index in [4.69, 9.17) is 9.47 Å². The largest absolute Gasteiger partial charge is 0.462 e. The van der Waals surface area contributed by atoms with Gasteiger partial charge in [-0.25, -0.2) is 0 Å². The Hall–Kier alpha value is -1.62. The fraction of sp³-hybridized carbons (Fsp3) is 0.838. The summed E-state index contributed by atoms with van der Waals surface area (Å²) < 4.78 is 10.6. The predicted octanol–water partition coefficient (Wildman–Crippen LogP) is 10.7. The number of rotatable bonds is 32. The number of carbonyl (C=O) groups is 2. The molecule has 0 heterocycles. The van der Waals surface area contributed by atoms with Gasteiger partial charge >= 0.3 is 11.9 Å². The van der Waals surface area contributed by atoms with Crippen LogP contribution in [0.25, 0.3) is 0 Å². The van der Waals surface area contributed by atoms with Crippen molar-refractivity contribution in [3.63, 3.8) is 0 Å². The molecule has 0 aromatic carbocycles. The third-order valence-electron chi connectivity index (χ3n) is 7.75. The molecule has 5 nitrogen and oxygen atoms in total. The first-order chi connectivity index (χ1) is 20.6. The molecule has 5 heteroatoms. The Morgan fingerprint density at radius 1 is 0.548 bits per heavy atom. The zero-order chi connectivity index (χ0) is 30.8. The van der Waals surface area contributed by atoms with Crippen LogP contribution in [0.15, 0.2) is 24.3 Å². The van der Waals surface area contributed by atoms with Crippen LogP contribution in [0, 0.1) is 0 Å². The molecule has 0 unspecified atom stereocenters. The van der Waals surface area contributed by atoms with Crippen molar-refractivity contribution in [2.24, 2.45) is 0 Å². The van der Waals surface area contributed by atoms with Crippen LogP contribution in [0.5, 0.6) is 0 Å². The Labute approximate surface area is 260 Å². The van der Waals surface area contributed by atoms with Gasteiger partial charge in [0.15, 0.2) is 6.10 Å². The molecule has 0 saturated heterocycles. The molecule has 0 bridgehead atoms. The summed E-state index contributed by atoms with van der Waals surface area (Å²) in [6.45, 7) is 4.09. The number of aliphatic hydroxyl groups is 1. The lowest BCUT2D eigenvalue weighted by Crippen LogP contribution is -2.28. The van der Waals surface area contributed by atoms with Gasteiger partial charge < -0.3 is 14.6 Å². The molecule has 1 atom stereocenters. The molecule has 0 aromatic rings. The zero-order valence-corrected chi connectivity index (χ0v) is 27.8. The molecule has 0 aliphatic heterocycles. The van der Waals surface area contributed by atoms with E-state index in [1.807, 2.05) is 0 Å². The van der Waals surface area contributed by atoms with Crippen molar-refractivity contribution in [2.45, 2.75) is 187 Å². The lowest BCUT2D eigenvalue weighted by Gasteiger charge is -2.15. The number of ether oxygens (including phenoxy) is 2. The van der Waals surface area contributed by atoms with E-state index in [2.05, 4.69) is 38.2 Å². The molecule has 42 heavy (non-hydrogen) atoms. The van der Waals surface area contributed by atoms with Crippen molar-refractivity contribution >= 4 is 11.9 Å². The van der Waals surface area contributed by atoms with Crippen molar-refractivity contribution in [1.82, 2.24) is 0 Å². The number of aliphatic hydroxyl groups excluding tert-OH is 1.